The van der Waals surface area contributed by atoms with Crippen molar-refractivity contribution in [2.75, 3.05) is 7.11 Å². The van der Waals surface area contributed by atoms with Crippen LogP contribution in [-0.2, 0) is 11.2 Å². The van der Waals surface area contributed by atoms with Crippen LogP contribution in [0.5, 0.6) is 5.75 Å². The lowest BCUT2D eigenvalue weighted by molar-refractivity contribution is 0.0558. The molecule has 108 valence electrons. The third kappa shape index (κ3) is 3.63. The molecule has 0 N–H and O–H groups in total. The van der Waals surface area contributed by atoms with Crippen molar-refractivity contribution >= 4 is 5.97 Å². The molecule has 1 atom stereocenters. The van der Waals surface area contributed by atoms with E-state index in [4.69, 9.17) is 14.4 Å². The molecule has 21 heavy (non-hydrogen) atoms. The number of esters is 1. The van der Waals surface area contributed by atoms with Gasteiger partial charge in [-0.2, -0.15) is 5.26 Å². The number of nitriles is 1. The number of rotatable bonds is 5. The van der Waals surface area contributed by atoms with Gasteiger partial charge in [-0.1, -0.05) is 12.1 Å². The van der Waals surface area contributed by atoms with Crippen LogP contribution in [0.2, 0.25) is 0 Å². The van der Waals surface area contributed by atoms with Crippen LogP contribution in [0.4, 0.5) is 0 Å². The number of furan rings is 1. The zero-order chi connectivity index (χ0) is 15.2. The number of hydrogen-bond acceptors (Lipinski definition) is 5. The molecule has 1 heterocycles. The van der Waals surface area contributed by atoms with Crippen molar-refractivity contribution in [3.05, 3.63) is 53.5 Å². The van der Waals surface area contributed by atoms with Crippen LogP contribution in [0, 0.1) is 11.3 Å². The van der Waals surface area contributed by atoms with E-state index in [1.54, 1.807) is 24.3 Å². The van der Waals surface area contributed by atoms with E-state index in [2.05, 4.69) is 10.8 Å². The fourth-order valence-electron chi connectivity index (χ4n) is 1.82. The second kappa shape index (κ2) is 6.62. The average molecular weight is 285 g/mol. The zero-order valence-electron chi connectivity index (χ0n) is 11.8. The van der Waals surface area contributed by atoms with Crippen LogP contribution in [-0.4, -0.2) is 13.1 Å². The molecule has 0 radical (unpaired) electrons. The molecule has 1 aromatic carbocycles. The lowest BCUT2D eigenvalue weighted by Gasteiger charge is -2.12. The summed E-state index contributed by atoms with van der Waals surface area (Å²) in [4.78, 5) is 11.3. The van der Waals surface area contributed by atoms with Crippen LogP contribution in [0.3, 0.4) is 0 Å². The Kier molecular flexibility index (Phi) is 4.62. The van der Waals surface area contributed by atoms with E-state index in [1.165, 1.54) is 7.11 Å². The molecule has 0 amide bonds. The molecule has 0 bridgehead atoms. The van der Waals surface area contributed by atoms with Crippen molar-refractivity contribution in [3.8, 4) is 11.8 Å². The Morgan fingerprint density at radius 2 is 2.00 bits per heavy atom. The molecule has 0 aliphatic heterocycles. The number of carbonyl (C=O) groups excluding carboxylic acids is 1. The minimum Gasteiger partial charge on any atom is -0.483 e. The molecule has 5 heteroatoms. The van der Waals surface area contributed by atoms with E-state index in [0.29, 0.717) is 17.9 Å². The summed E-state index contributed by atoms with van der Waals surface area (Å²) in [6, 6.07) is 12.6. The minimum absolute atomic E-state index is 0.146. The Bertz CT molecular complexity index is 652. The first-order valence-corrected chi connectivity index (χ1v) is 6.44. The van der Waals surface area contributed by atoms with Gasteiger partial charge in [0, 0.05) is 0 Å². The molecule has 0 fully saturated rings. The summed E-state index contributed by atoms with van der Waals surface area (Å²) >= 11 is 0. The first kappa shape index (κ1) is 14.7. The Balaban J connectivity index is 2.03. The lowest BCUT2D eigenvalue weighted by atomic mass is 10.1. The van der Waals surface area contributed by atoms with Gasteiger partial charge in [0.1, 0.15) is 11.5 Å². The third-order valence-corrected chi connectivity index (χ3v) is 2.93. The first-order chi connectivity index (χ1) is 10.1. The van der Waals surface area contributed by atoms with Crippen molar-refractivity contribution in [1.29, 1.82) is 5.26 Å². The maximum atomic E-state index is 11.3. The molecule has 2 rings (SSSR count). The van der Waals surface area contributed by atoms with Crippen molar-refractivity contribution in [2.24, 2.45) is 0 Å². The molecular formula is C16H15NO4. The zero-order valence-corrected chi connectivity index (χ0v) is 11.8. The van der Waals surface area contributed by atoms with E-state index in [1.807, 2.05) is 19.1 Å². The van der Waals surface area contributed by atoms with Crippen molar-refractivity contribution in [2.45, 2.75) is 19.4 Å². The molecule has 0 spiro atoms. The van der Waals surface area contributed by atoms with Crippen LogP contribution in [0.15, 0.2) is 40.8 Å². The van der Waals surface area contributed by atoms with Gasteiger partial charge in [-0.25, -0.2) is 4.79 Å². The smallest absolute Gasteiger partial charge is 0.373 e. The highest BCUT2D eigenvalue weighted by atomic mass is 16.5. The van der Waals surface area contributed by atoms with E-state index >= 15 is 0 Å². The Hall–Kier alpha value is -2.74. The number of ether oxygens (including phenoxy) is 2. The Labute approximate surface area is 122 Å². The van der Waals surface area contributed by atoms with Gasteiger partial charge in [-0.3, -0.25) is 0 Å². The standard InChI is InChI=1S/C16H15NO4/c1-11(14-7-8-15(21-14)16(18)19-2)20-13-5-3-12(4-6-13)9-10-17/h3-8,11H,9H2,1-2H3. The van der Waals surface area contributed by atoms with E-state index in [-0.39, 0.29) is 11.9 Å². The van der Waals surface area contributed by atoms with Crippen molar-refractivity contribution < 1.29 is 18.7 Å². The van der Waals surface area contributed by atoms with E-state index in [9.17, 15) is 4.79 Å². The maximum absolute atomic E-state index is 11.3. The van der Waals surface area contributed by atoms with Gasteiger partial charge in [-0.05, 0) is 36.8 Å². The van der Waals surface area contributed by atoms with Gasteiger partial charge in [0.15, 0.2) is 6.10 Å². The van der Waals surface area contributed by atoms with Crippen molar-refractivity contribution in [3.63, 3.8) is 0 Å². The monoisotopic (exact) mass is 285 g/mol. The topological polar surface area (TPSA) is 72.5 Å². The highest BCUT2D eigenvalue weighted by molar-refractivity contribution is 5.86. The normalized spacial score (nSPS) is 11.5. The molecular weight excluding hydrogens is 270 g/mol. The number of benzene rings is 1. The summed E-state index contributed by atoms with van der Waals surface area (Å²) in [5.74, 6) is 0.832. The van der Waals surface area contributed by atoms with Crippen LogP contribution < -0.4 is 4.74 Å². The fraction of sp³-hybridized carbons (Fsp3) is 0.250. The van der Waals surface area contributed by atoms with Crippen molar-refractivity contribution in [1.82, 2.24) is 0 Å². The van der Waals surface area contributed by atoms with Gasteiger partial charge in [-0.15, -0.1) is 0 Å². The Morgan fingerprint density at radius 1 is 1.29 bits per heavy atom. The van der Waals surface area contributed by atoms with Gasteiger partial charge in [0.25, 0.3) is 0 Å². The summed E-state index contributed by atoms with van der Waals surface area (Å²) in [6.45, 7) is 1.82. The van der Waals surface area contributed by atoms with Crippen LogP contribution in [0.25, 0.3) is 0 Å². The Morgan fingerprint density at radius 3 is 2.62 bits per heavy atom. The molecule has 0 aliphatic rings. The first-order valence-electron chi connectivity index (χ1n) is 6.44. The molecule has 1 aromatic heterocycles. The summed E-state index contributed by atoms with van der Waals surface area (Å²) < 4.78 is 15.7. The fourth-order valence-corrected chi connectivity index (χ4v) is 1.82. The van der Waals surface area contributed by atoms with Crippen LogP contribution >= 0.6 is 0 Å². The van der Waals surface area contributed by atoms with E-state index < -0.39 is 5.97 Å². The molecule has 0 saturated heterocycles. The minimum atomic E-state index is -0.519. The van der Waals surface area contributed by atoms with E-state index in [0.717, 1.165) is 5.56 Å². The molecule has 0 saturated carbocycles. The quantitative estimate of drug-likeness (QED) is 0.788. The highest BCUT2D eigenvalue weighted by Gasteiger charge is 2.16. The summed E-state index contributed by atoms with van der Waals surface area (Å²) in [6.07, 6.45) is 0.0291. The largest absolute Gasteiger partial charge is 0.483 e. The lowest BCUT2D eigenvalue weighted by Crippen LogP contribution is -2.02. The molecule has 1 unspecified atom stereocenters. The second-order valence-corrected chi connectivity index (χ2v) is 4.43. The maximum Gasteiger partial charge on any atom is 0.373 e. The second-order valence-electron chi connectivity index (χ2n) is 4.43. The molecule has 0 aliphatic carbocycles. The molecule has 2 aromatic rings. The van der Waals surface area contributed by atoms with Gasteiger partial charge in [0.05, 0.1) is 19.6 Å². The highest BCUT2D eigenvalue weighted by Crippen LogP contribution is 2.24. The molecule has 5 nitrogen and oxygen atoms in total. The van der Waals surface area contributed by atoms with Gasteiger partial charge < -0.3 is 13.9 Å². The number of hydrogen-bond donors (Lipinski definition) is 0. The predicted octanol–water partition coefficient (Wildman–Crippen LogP) is 3.27. The summed E-state index contributed by atoms with van der Waals surface area (Å²) in [7, 11) is 1.30. The average Bonchev–Trinajstić information content (AvgIpc) is 2.99. The van der Waals surface area contributed by atoms with Crippen LogP contribution in [0.1, 0.15) is 34.9 Å². The van der Waals surface area contributed by atoms with Gasteiger partial charge >= 0.3 is 5.97 Å². The summed E-state index contributed by atoms with van der Waals surface area (Å²) in [5, 5.41) is 8.62. The number of methoxy groups -OCH3 is 1. The number of nitrogens with zero attached hydrogens (tertiary/aromatic N) is 1. The third-order valence-electron chi connectivity index (χ3n) is 2.93. The number of carbonyl (C=O) groups is 1. The SMILES string of the molecule is COC(=O)c1ccc(C(C)Oc2ccc(CC#N)cc2)o1. The predicted molar refractivity (Wildman–Crippen MR) is 74.8 cm³/mol. The van der Waals surface area contributed by atoms with Gasteiger partial charge in [0.2, 0.25) is 5.76 Å². The summed E-state index contributed by atoms with van der Waals surface area (Å²) in [5.41, 5.74) is 0.934.